The van der Waals surface area contributed by atoms with E-state index in [0.717, 1.165) is 0 Å². The summed E-state index contributed by atoms with van der Waals surface area (Å²) in [5.74, 6) is -60.4. The molecule has 4 amide bonds. The van der Waals surface area contributed by atoms with Gasteiger partial charge in [-0.05, 0) is 123 Å². The SMILES string of the molecule is CC1(C)OCC(CN(CC2COC(C)(C)O2)C(=O)c2c(I)c(NC(=O)CCC(=O)N3CCN(S(=O)(=O)C(F)(F)C(F)(F)C(F)(F)C(F)(F)C(F)(F)C(F)(F)C(F)(F)C(F)(F)F)CC3)c(I)c(C(=O)N(CC3COC(C)(C)O3)CC3COC(C)(C)O3)c2I)O1. The average Bonchev–Trinajstić information content (AvgIpc) is 1.07. The van der Waals surface area contributed by atoms with Crippen LogP contribution in [0.5, 0.6) is 0 Å². The fraction of sp³-hybridized carbons (Fsp3) is 0.792. The highest BCUT2D eigenvalue weighted by Crippen LogP contribution is 2.64. The minimum absolute atomic E-state index is 0.0383. The van der Waals surface area contributed by atoms with Crippen molar-refractivity contribution in [3.05, 3.63) is 21.8 Å². The third kappa shape index (κ3) is 14.5. The summed E-state index contributed by atoms with van der Waals surface area (Å²) in [6.07, 6.45) is -12.5. The van der Waals surface area contributed by atoms with E-state index in [1.165, 1.54) is 9.80 Å². The van der Waals surface area contributed by atoms with E-state index in [1.807, 2.05) is 22.6 Å². The van der Waals surface area contributed by atoms with Gasteiger partial charge < -0.3 is 57.9 Å². The highest BCUT2D eigenvalue weighted by Gasteiger charge is 2.96. The molecule has 1 aromatic carbocycles. The van der Waals surface area contributed by atoms with Crippen LogP contribution < -0.4 is 5.32 Å². The average molecular weight is 1660 g/mol. The lowest BCUT2D eigenvalue weighted by Gasteiger charge is -2.43. The lowest BCUT2D eigenvalue weighted by atomic mass is 9.91. The van der Waals surface area contributed by atoms with Gasteiger partial charge in [-0.25, -0.2) is 8.42 Å². The first-order valence-electron chi connectivity index (χ1n) is 26.0. The summed E-state index contributed by atoms with van der Waals surface area (Å²) >= 11 is 5.33. The lowest BCUT2D eigenvalue weighted by Crippen LogP contribution is -2.75. The van der Waals surface area contributed by atoms with E-state index < -0.39 is 172 Å². The topological polar surface area (TPSA) is 201 Å². The summed E-state index contributed by atoms with van der Waals surface area (Å²) in [7, 11) is -7.62. The molecule has 5 heterocycles. The molecule has 40 heteroatoms. The van der Waals surface area contributed by atoms with Gasteiger partial charge in [0.1, 0.15) is 24.4 Å². The number of amides is 4. The summed E-state index contributed by atoms with van der Waals surface area (Å²) in [6.45, 7) is 7.38. The Labute approximate surface area is 531 Å². The van der Waals surface area contributed by atoms with Gasteiger partial charge in [-0.1, -0.05) is 0 Å². The molecule has 6 rings (SSSR count). The number of hydrogen-bond donors (Lipinski definition) is 1. The smallest absolute Gasteiger partial charge is 0.348 e. The van der Waals surface area contributed by atoms with Crippen molar-refractivity contribution >= 4 is 107 Å². The molecular formula is C48H57F17I3N5O14S. The molecule has 4 unspecified atom stereocenters. The van der Waals surface area contributed by atoms with E-state index in [9.17, 15) is 83.9 Å². The van der Waals surface area contributed by atoms with Gasteiger partial charge in [0.2, 0.25) is 11.8 Å². The normalized spacial score (nSPS) is 24.0. The number of ether oxygens (including phenoxy) is 8. The minimum atomic E-state index is -9.01. The number of sulfonamides is 1. The molecule has 5 saturated heterocycles. The number of hydrogen-bond acceptors (Lipinski definition) is 14. The number of piperazine rings is 1. The molecule has 1 N–H and O–H groups in total. The van der Waals surface area contributed by atoms with Crippen molar-refractivity contribution in [2.45, 2.75) is 163 Å². The van der Waals surface area contributed by atoms with Gasteiger partial charge in [-0.2, -0.15) is 78.9 Å². The summed E-state index contributed by atoms with van der Waals surface area (Å²) in [4.78, 5) is 61.5. The molecule has 0 aliphatic carbocycles. The van der Waals surface area contributed by atoms with E-state index in [-0.39, 0.29) is 80.1 Å². The van der Waals surface area contributed by atoms with E-state index in [1.54, 1.807) is 101 Å². The third-order valence-corrected chi connectivity index (χ3v) is 19.2. The predicted molar refractivity (Wildman–Crippen MR) is 292 cm³/mol. The fourth-order valence-electron chi connectivity index (χ4n) is 9.57. The Bertz CT molecular complexity index is 2790. The standard InChI is InChI=1S/C48H57F17I3N5O14S/c1-37(2)80-19-23(84-37)15-71(16-24-20-81-38(3,4)85-24)35(76)29-31(66)30(36(77)72(17-25-21-82-39(5,6)86-25)18-26-22-83-40(7,8)87-26)33(68)34(32(29)67)69-27(74)9-10-28(75)70-11-13-73(14-12-70)88(78,79)48(64,65)46(59,60)44(55,56)42(51,52)41(49,50)43(53,54)45(57,58)47(61,62)63/h23-26H,9-22H2,1-8H3,(H,69,74). The highest BCUT2D eigenvalue weighted by atomic mass is 127. The van der Waals surface area contributed by atoms with Gasteiger partial charge in [0.05, 0.1) is 50.4 Å². The molecule has 0 aromatic heterocycles. The minimum Gasteiger partial charge on any atom is -0.348 e. The summed E-state index contributed by atoms with van der Waals surface area (Å²) in [5.41, 5.74) is -0.419. The Hall–Kier alpha value is -2.31. The van der Waals surface area contributed by atoms with Crippen molar-refractivity contribution in [3.8, 4) is 0 Å². The van der Waals surface area contributed by atoms with Gasteiger partial charge in [-0.15, -0.1) is 0 Å². The maximum absolute atomic E-state index is 15.3. The molecule has 0 saturated carbocycles. The maximum atomic E-state index is 15.3. The van der Waals surface area contributed by atoms with Crippen LogP contribution in [0, 0.1) is 10.7 Å². The highest BCUT2D eigenvalue weighted by molar-refractivity contribution is 14.1. The first-order chi connectivity index (χ1) is 39.6. The first-order valence-corrected chi connectivity index (χ1v) is 30.6. The van der Waals surface area contributed by atoms with Crippen LogP contribution in [0.25, 0.3) is 0 Å². The second-order valence-electron chi connectivity index (χ2n) is 22.6. The number of benzene rings is 1. The molecule has 4 atom stereocenters. The number of halogens is 20. The molecule has 88 heavy (non-hydrogen) atoms. The van der Waals surface area contributed by atoms with E-state index in [0.29, 0.717) is 4.90 Å². The van der Waals surface area contributed by atoms with E-state index in [2.05, 4.69) is 5.32 Å². The number of anilines is 1. The van der Waals surface area contributed by atoms with Gasteiger partial charge in [0.25, 0.3) is 21.8 Å². The van der Waals surface area contributed by atoms with Crippen molar-refractivity contribution < 1.29 is 140 Å². The van der Waals surface area contributed by atoms with Crippen molar-refractivity contribution in [2.75, 3.05) is 84.1 Å². The van der Waals surface area contributed by atoms with Crippen LogP contribution in [0.15, 0.2) is 0 Å². The van der Waals surface area contributed by atoms with Crippen LogP contribution in [0.2, 0.25) is 0 Å². The molecule has 0 bridgehead atoms. The number of rotatable bonds is 22. The predicted octanol–water partition coefficient (Wildman–Crippen LogP) is 9.15. The number of nitrogens with zero attached hydrogens (tertiary/aromatic N) is 4. The summed E-state index contributed by atoms with van der Waals surface area (Å²) in [6, 6.07) is 0. The van der Waals surface area contributed by atoms with Crippen LogP contribution in [-0.4, -0.2) is 224 Å². The quantitative estimate of drug-likeness (QED) is 0.0851. The molecule has 1 aromatic rings. The molecule has 0 spiro atoms. The number of carbonyl (C=O) groups excluding carboxylic acids is 4. The molecule has 19 nitrogen and oxygen atoms in total. The van der Waals surface area contributed by atoms with Gasteiger partial charge in [0, 0.05) is 68.8 Å². The van der Waals surface area contributed by atoms with Crippen molar-refractivity contribution in [3.63, 3.8) is 0 Å². The van der Waals surface area contributed by atoms with Crippen molar-refractivity contribution in [1.82, 2.24) is 19.0 Å². The Kier molecular flexibility index (Phi) is 21.6. The molecule has 5 fully saturated rings. The number of nitrogens with one attached hydrogen (secondary N) is 1. The van der Waals surface area contributed by atoms with Crippen molar-refractivity contribution in [1.29, 1.82) is 0 Å². The van der Waals surface area contributed by atoms with Crippen molar-refractivity contribution in [2.24, 2.45) is 0 Å². The monoisotopic (exact) mass is 1660 g/mol. The van der Waals surface area contributed by atoms with Crippen LogP contribution in [0.1, 0.15) is 88.9 Å². The number of carbonyl (C=O) groups is 4. The van der Waals surface area contributed by atoms with Gasteiger partial charge >= 0.3 is 47.0 Å². The van der Waals surface area contributed by atoms with Gasteiger partial charge in [-0.3, -0.25) is 19.2 Å². The van der Waals surface area contributed by atoms with Crippen LogP contribution in [0.3, 0.4) is 0 Å². The van der Waals surface area contributed by atoms with Crippen LogP contribution in [-0.2, 0) is 57.5 Å². The Balaban J connectivity index is 1.26. The Morgan fingerprint density at radius 1 is 0.489 bits per heavy atom. The zero-order valence-corrected chi connectivity index (χ0v) is 54.5. The second-order valence-corrected chi connectivity index (χ2v) is 27.8. The number of alkyl halides is 17. The lowest BCUT2D eigenvalue weighted by molar-refractivity contribution is -0.458. The third-order valence-electron chi connectivity index (χ3n) is 14.1. The zero-order chi connectivity index (χ0) is 67.2. The first kappa shape index (κ1) is 74.7. The molecular weight excluding hydrogens is 1610 g/mol. The van der Waals surface area contributed by atoms with E-state index in [4.69, 9.17) is 37.9 Å². The molecule has 5 aliphatic heterocycles. The largest absolute Gasteiger partial charge is 0.460 e. The molecule has 0 radical (unpaired) electrons. The Morgan fingerprint density at radius 2 is 0.795 bits per heavy atom. The van der Waals surface area contributed by atoms with Crippen LogP contribution >= 0.6 is 67.8 Å². The maximum Gasteiger partial charge on any atom is 0.460 e. The van der Waals surface area contributed by atoms with Gasteiger partial charge in [0.15, 0.2) is 23.1 Å². The summed E-state index contributed by atoms with van der Waals surface area (Å²) in [5, 5.41) is -5.19. The summed E-state index contributed by atoms with van der Waals surface area (Å²) < 4.78 is 310. The zero-order valence-electron chi connectivity index (χ0n) is 47.2. The second kappa shape index (κ2) is 25.4. The molecule has 504 valence electrons. The van der Waals surface area contributed by atoms with Crippen LogP contribution in [0.4, 0.5) is 80.3 Å². The fourth-order valence-corrected chi connectivity index (χ4v) is 15.4. The molecule has 5 aliphatic rings. The Morgan fingerprint density at radius 3 is 1.09 bits per heavy atom. The van der Waals surface area contributed by atoms with E-state index >= 15 is 18.4 Å².